The average Bonchev–Trinajstić information content (AvgIpc) is 3.18. The Labute approximate surface area is 175 Å². The van der Waals surface area contributed by atoms with Crippen LogP contribution in [-0.2, 0) is 0 Å². The number of benzene rings is 2. The van der Waals surface area contributed by atoms with E-state index >= 15 is 0 Å². The number of aryl methyl sites for hydroxylation is 1. The summed E-state index contributed by atoms with van der Waals surface area (Å²) in [6.45, 7) is 1.86. The first-order valence-electron chi connectivity index (χ1n) is 8.66. The van der Waals surface area contributed by atoms with E-state index in [1.54, 1.807) is 24.4 Å². The van der Waals surface area contributed by atoms with Gasteiger partial charge in [0.1, 0.15) is 22.2 Å². The number of thiazole rings is 1. The maximum absolute atomic E-state index is 11.6. The summed E-state index contributed by atoms with van der Waals surface area (Å²) < 4.78 is 5.26. The first kappa shape index (κ1) is 18.9. The summed E-state index contributed by atoms with van der Waals surface area (Å²) in [4.78, 5) is 16.1. The highest BCUT2D eigenvalue weighted by atomic mass is 35.5. The maximum atomic E-state index is 11.6. The zero-order valence-corrected chi connectivity index (χ0v) is 16.8. The number of rotatable bonds is 4. The molecule has 4 aromatic rings. The monoisotopic (exact) mass is 419 g/mol. The van der Waals surface area contributed by atoms with Crippen LogP contribution in [0, 0.1) is 18.3 Å². The molecule has 0 aliphatic rings. The predicted molar refractivity (Wildman–Crippen MR) is 117 cm³/mol. The smallest absolute Gasteiger partial charge is 0.336 e. The fourth-order valence-electron chi connectivity index (χ4n) is 2.86. The predicted octanol–water partition coefficient (Wildman–Crippen LogP) is 5.85. The second-order valence-corrected chi connectivity index (χ2v) is 7.61. The molecule has 2 aromatic carbocycles. The number of nitrogens with zero attached hydrogens (tertiary/aromatic N) is 2. The Balaban J connectivity index is 1.60. The summed E-state index contributed by atoms with van der Waals surface area (Å²) in [6.07, 6.45) is 1.60. The van der Waals surface area contributed by atoms with Crippen molar-refractivity contribution in [2.45, 2.75) is 6.92 Å². The quantitative estimate of drug-likeness (QED) is 0.331. The van der Waals surface area contributed by atoms with Crippen LogP contribution in [0.25, 0.3) is 27.8 Å². The molecule has 0 saturated carbocycles. The van der Waals surface area contributed by atoms with Gasteiger partial charge in [-0.3, -0.25) is 0 Å². The van der Waals surface area contributed by atoms with Crippen molar-refractivity contribution >= 4 is 45.2 Å². The maximum Gasteiger partial charge on any atom is 0.336 e. The topological polar surface area (TPSA) is 78.9 Å². The van der Waals surface area contributed by atoms with Crippen LogP contribution in [0.5, 0.6) is 0 Å². The third kappa shape index (κ3) is 4.06. The van der Waals surface area contributed by atoms with Crippen molar-refractivity contribution in [2.75, 3.05) is 5.32 Å². The van der Waals surface area contributed by atoms with Gasteiger partial charge in [-0.1, -0.05) is 23.7 Å². The molecular formula is C22H14ClN3O2S. The van der Waals surface area contributed by atoms with Gasteiger partial charge >= 0.3 is 5.63 Å². The summed E-state index contributed by atoms with van der Waals surface area (Å²) >= 11 is 7.32. The van der Waals surface area contributed by atoms with Crippen LogP contribution in [-0.4, -0.2) is 4.98 Å². The van der Waals surface area contributed by atoms with Crippen molar-refractivity contribution in [3.63, 3.8) is 0 Å². The molecule has 0 radical (unpaired) electrons. The number of nitrogens with one attached hydrogen (secondary N) is 1. The molecule has 0 bridgehead atoms. The summed E-state index contributed by atoms with van der Waals surface area (Å²) in [6, 6.07) is 16.5. The van der Waals surface area contributed by atoms with Crippen molar-refractivity contribution in [2.24, 2.45) is 0 Å². The summed E-state index contributed by atoms with van der Waals surface area (Å²) in [7, 11) is 0. The van der Waals surface area contributed by atoms with Crippen molar-refractivity contribution in [1.82, 2.24) is 4.98 Å². The molecule has 0 amide bonds. The van der Waals surface area contributed by atoms with E-state index in [1.165, 1.54) is 17.4 Å². The van der Waals surface area contributed by atoms with Crippen molar-refractivity contribution in [3.8, 4) is 17.3 Å². The highest BCUT2D eigenvalue weighted by molar-refractivity contribution is 7.11. The molecule has 4 rings (SSSR count). The Morgan fingerprint density at radius 3 is 2.79 bits per heavy atom. The molecule has 7 heteroatoms. The van der Waals surface area contributed by atoms with E-state index in [-0.39, 0.29) is 0 Å². The Bertz CT molecular complexity index is 1330. The van der Waals surface area contributed by atoms with Crippen LogP contribution in [0.2, 0.25) is 5.02 Å². The molecule has 2 aromatic heterocycles. The van der Waals surface area contributed by atoms with Crippen LogP contribution in [0.4, 0.5) is 5.69 Å². The molecule has 0 spiro atoms. The van der Waals surface area contributed by atoms with Crippen LogP contribution in [0.15, 0.2) is 69.3 Å². The lowest BCUT2D eigenvalue weighted by Gasteiger charge is -2.05. The van der Waals surface area contributed by atoms with Crippen LogP contribution in [0.1, 0.15) is 10.6 Å². The minimum absolute atomic E-state index is 0.391. The van der Waals surface area contributed by atoms with E-state index in [0.29, 0.717) is 26.9 Å². The minimum Gasteiger partial charge on any atom is -0.423 e. The van der Waals surface area contributed by atoms with Gasteiger partial charge in [-0.2, -0.15) is 5.26 Å². The number of halogens is 1. The Morgan fingerprint density at radius 2 is 2.03 bits per heavy atom. The summed E-state index contributed by atoms with van der Waals surface area (Å²) in [5, 5.41) is 16.7. The molecule has 5 nitrogen and oxygen atoms in total. The van der Waals surface area contributed by atoms with Gasteiger partial charge in [-0.15, -0.1) is 11.3 Å². The molecule has 0 aliphatic carbocycles. The van der Waals surface area contributed by atoms with Crippen LogP contribution >= 0.6 is 22.9 Å². The molecule has 0 atom stereocenters. The molecule has 0 unspecified atom stereocenters. The van der Waals surface area contributed by atoms with E-state index in [4.69, 9.17) is 16.0 Å². The number of hydrogen-bond donors (Lipinski definition) is 1. The van der Waals surface area contributed by atoms with E-state index in [2.05, 4.69) is 16.4 Å². The number of nitriles is 1. The minimum atomic E-state index is -0.391. The number of anilines is 1. The van der Waals surface area contributed by atoms with Crippen molar-refractivity contribution in [1.29, 1.82) is 5.26 Å². The zero-order chi connectivity index (χ0) is 20.4. The van der Waals surface area contributed by atoms with Crippen molar-refractivity contribution in [3.05, 3.63) is 86.1 Å². The van der Waals surface area contributed by atoms with Gasteiger partial charge < -0.3 is 9.73 Å². The second-order valence-electron chi connectivity index (χ2n) is 6.32. The van der Waals surface area contributed by atoms with Gasteiger partial charge in [0.25, 0.3) is 0 Å². The SMILES string of the molecule is Cc1cc(=O)oc2cc(N/C=C(\C#N)c3nc(-c4ccc(Cl)cc4)cs3)ccc12. The average molecular weight is 420 g/mol. The standard InChI is InChI=1S/C22H14ClN3O2S/c1-13-8-21(27)28-20-9-17(6-7-18(13)20)25-11-15(10-24)22-26-19(12-29-22)14-2-4-16(23)5-3-14/h2-9,11-12,25H,1H3/b15-11+. The molecule has 1 N–H and O–H groups in total. The Hall–Kier alpha value is -3.40. The molecule has 2 heterocycles. The highest BCUT2D eigenvalue weighted by Crippen LogP contribution is 2.27. The first-order valence-corrected chi connectivity index (χ1v) is 9.92. The van der Waals surface area contributed by atoms with E-state index in [1.807, 2.05) is 36.6 Å². The fourth-order valence-corrected chi connectivity index (χ4v) is 3.78. The normalized spacial score (nSPS) is 11.4. The fraction of sp³-hybridized carbons (Fsp3) is 0.0455. The highest BCUT2D eigenvalue weighted by Gasteiger charge is 2.09. The summed E-state index contributed by atoms with van der Waals surface area (Å²) in [5.74, 6) is 0. The molecular weight excluding hydrogens is 406 g/mol. The van der Waals surface area contributed by atoms with Crippen LogP contribution in [0.3, 0.4) is 0 Å². The molecule has 0 aliphatic heterocycles. The molecule has 142 valence electrons. The number of fused-ring (bicyclic) bond motifs is 1. The Morgan fingerprint density at radius 1 is 1.24 bits per heavy atom. The second kappa shape index (κ2) is 7.92. The number of allylic oxidation sites excluding steroid dienone is 1. The summed E-state index contributed by atoms with van der Waals surface area (Å²) in [5.41, 5.74) is 3.78. The van der Waals surface area contributed by atoms with Gasteiger partial charge in [0.05, 0.1) is 5.69 Å². The van der Waals surface area contributed by atoms with Gasteiger partial charge in [0, 0.05) is 45.4 Å². The number of hydrogen-bond acceptors (Lipinski definition) is 6. The largest absolute Gasteiger partial charge is 0.423 e. The van der Waals surface area contributed by atoms with E-state index in [9.17, 15) is 10.1 Å². The third-order valence-electron chi connectivity index (χ3n) is 4.33. The van der Waals surface area contributed by atoms with Crippen molar-refractivity contribution < 1.29 is 4.42 Å². The third-order valence-corrected chi connectivity index (χ3v) is 5.46. The molecule has 0 saturated heterocycles. The van der Waals surface area contributed by atoms with Gasteiger partial charge in [-0.05, 0) is 36.8 Å². The molecule has 29 heavy (non-hydrogen) atoms. The lowest BCUT2D eigenvalue weighted by molar-refractivity contribution is 0.560. The lowest BCUT2D eigenvalue weighted by Crippen LogP contribution is -1.98. The first-order chi connectivity index (χ1) is 14.0. The Kier molecular flexibility index (Phi) is 5.17. The van der Waals surface area contributed by atoms with Gasteiger partial charge in [0.15, 0.2) is 0 Å². The van der Waals surface area contributed by atoms with E-state index < -0.39 is 5.63 Å². The van der Waals surface area contributed by atoms with Gasteiger partial charge in [0.2, 0.25) is 0 Å². The zero-order valence-electron chi connectivity index (χ0n) is 15.3. The van der Waals surface area contributed by atoms with Crippen LogP contribution < -0.4 is 10.9 Å². The van der Waals surface area contributed by atoms with Gasteiger partial charge in [-0.25, -0.2) is 9.78 Å². The number of aromatic nitrogens is 1. The molecule has 0 fully saturated rings. The lowest BCUT2D eigenvalue weighted by atomic mass is 10.1. The van der Waals surface area contributed by atoms with E-state index in [0.717, 1.165) is 22.2 Å².